The van der Waals surface area contributed by atoms with Crippen molar-refractivity contribution >= 4 is 5.78 Å². The number of hydrogen-bond donors (Lipinski definition) is 0. The third-order valence-corrected chi connectivity index (χ3v) is 2.69. The van der Waals surface area contributed by atoms with Crippen LogP contribution in [0.15, 0.2) is 18.2 Å². The molecule has 5 heteroatoms. The summed E-state index contributed by atoms with van der Waals surface area (Å²) in [5, 5.41) is 0. The zero-order valence-electron chi connectivity index (χ0n) is 10.6. The Hall–Kier alpha value is -1.36. The zero-order chi connectivity index (χ0) is 13.9. The first-order chi connectivity index (χ1) is 8.19. The minimum atomic E-state index is -4.28. The van der Waals surface area contributed by atoms with E-state index in [1.165, 1.54) is 7.05 Å². The third kappa shape index (κ3) is 4.49. The summed E-state index contributed by atoms with van der Waals surface area (Å²) in [6, 6.07) is 5.15. The van der Waals surface area contributed by atoms with Gasteiger partial charge in [0.2, 0.25) is 0 Å². The highest BCUT2D eigenvalue weighted by Gasteiger charge is 2.29. The summed E-state index contributed by atoms with van der Waals surface area (Å²) in [5.41, 5.74) is 2.46. The second-order valence-corrected chi connectivity index (χ2v) is 4.51. The average molecular weight is 259 g/mol. The number of Topliss-reactive ketones (excluding diaryl/α,β-unsaturated/α-hetero) is 1. The Morgan fingerprint density at radius 2 is 1.83 bits per heavy atom. The van der Waals surface area contributed by atoms with Crippen molar-refractivity contribution in [3.8, 4) is 0 Å². The van der Waals surface area contributed by atoms with Crippen LogP contribution >= 0.6 is 0 Å². The molecule has 0 saturated carbocycles. The van der Waals surface area contributed by atoms with Crippen LogP contribution in [0.5, 0.6) is 0 Å². The Kier molecular flexibility index (Phi) is 4.51. The van der Waals surface area contributed by atoms with Gasteiger partial charge in [0.05, 0.1) is 13.1 Å². The number of aryl methyl sites for hydroxylation is 2. The quantitative estimate of drug-likeness (QED) is 0.775. The summed E-state index contributed by atoms with van der Waals surface area (Å²) in [7, 11) is 1.28. The van der Waals surface area contributed by atoms with Gasteiger partial charge in [-0.3, -0.25) is 9.69 Å². The van der Waals surface area contributed by atoms with E-state index in [0.29, 0.717) is 5.56 Å². The summed E-state index contributed by atoms with van der Waals surface area (Å²) in [6.45, 7) is 2.47. The largest absolute Gasteiger partial charge is 0.401 e. The Morgan fingerprint density at radius 1 is 1.22 bits per heavy atom. The van der Waals surface area contributed by atoms with Crippen molar-refractivity contribution in [2.24, 2.45) is 0 Å². The fraction of sp³-hybridized carbons (Fsp3) is 0.462. The van der Waals surface area contributed by atoms with Gasteiger partial charge >= 0.3 is 6.18 Å². The maximum absolute atomic E-state index is 12.1. The van der Waals surface area contributed by atoms with Gasteiger partial charge < -0.3 is 0 Å². The van der Waals surface area contributed by atoms with Crippen LogP contribution in [-0.2, 0) is 0 Å². The fourth-order valence-corrected chi connectivity index (χ4v) is 1.61. The molecule has 1 aromatic rings. The predicted octanol–water partition coefficient (Wildman–Crippen LogP) is 2.98. The van der Waals surface area contributed by atoms with Gasteiger partial charge in [-0.1, -0.05) is 12.1 Å². The zero-order valence-corrected chi connectivity index (χ0v) is 10.6. The second-order valence-electron chi connectivity index (χ2n) is 4.51. The number of likely N-dealkylation sites (N-methyl/N-ethyl adjacent to an activating group) is 1. The van der Waals surface area contributed by atoms with E-state index in [1.807, 2.05) is 13.8 Å². The van der Waals surface area contributed by atoms with Crippen LogP contribution in [0.2, 0.25) is 0 Å². The SMILES string of the molecule is Cc1ccc(C(=O)CN(C)CC(F)(F)F)cc1C. The van der Waals surface area contributed by atoms with Gasteiger partial charge in [0.15, 0.2) is 5.78 Å². The summed E-state index contributed by atoms with van der Waals surface area (Å²) < 4.78 is 36.4. The number of ketones is 1. The average Bonchev–Trinajstić information content (AvgIpc) is 2.18. The summed E-state index contributed by atoms with van der Waals surface area (Å²) in [6.07, 6.45) is -4.28. The van der Waals surface area contributed by atoms with Gasteiger partial charge in [-0.15, -0.1) is 0 Å². The predicted molar refractivity (Wildman–Crippen MR) is 63.8 cm³/mol. The molecule has 1 rings (SSSR count). The molecule has 0 saturated heterocycles. The van der Waals surface area contributed by atoms with Crippen LogP contribution < -0.4 is 0 Å². The molecule has 0 heterocycles. The Balaban J connectivity index is 2.68. The third-order valence-electron chi connectivity index (χ3n) is 2.69. The van der Waals surface area contributed by atoms with E-state index in [4.69, 9.17) is 0 Å². The lowest BCUT2D eigenvalue weighted by atomic mass is 10.0. The highest BCUT2D eigenvalue weighted by Crippen LogP contribution is 2.16. The monoisotopic (exact) mass is 259 g/mol. The van der Waals surface area contributed by atoms with E-state index in [9.17, 15) is 18.0 Å². The van der Waals surface area contributed by atoms with Gasteiger partial charge in [-0.05, 0) is 38.1 Å². The van der Waals surface area contributed by atoms with Crippen molar-refractivity contribution in [3.05, 3.63) is 34.9 Å². The Morgan fingerprint density at radius 3 is 2.33 bits per heavy atom. The number of halogens is 3. The van der Waals surface area contributed by atoms with Crippen LogP contribution in [0.4, 0.5) is 13.2 Å². The molecular formula is C13H16F3NO. The van der Waals surface area contributed by atoms with Gasteiger partial charge in [0, 0.05) is 5.56 Å². The number of carbonyl (C=O) groups excluding carboxylic acids is 1. The molecule has 0 fully saturated rings. The Bertz CT molecular complexity index is 440. The molecule has 0 aliphatic heterocycles. The highest BCUT2D eigenvalue weighted by atomic mass is 19.4. The smallest absolute Gasteiger partial charge is 0.293 e. The van der Waals surface area contributed by atoms with Crippen LogP contribution in [0.25, 0.3) is 0 Å². The standard InChI is InChI=1S/C13H16F3NO/c1-9-4-5-11(6-10(9)2)12(18)7-17(3)8-13(14,15)16/h4-6H,7-8H2,1-3H3. The summed E-state index contributed by atoms with van der Waals surface area (Å²) in [5.74, 6) is -0.301. The molecule has 0 spiro atoms. The van der Waals surface area contributed by atoms with E-state index in [2.05, 4.69) is 0 Å². The molecular weight excluding hydrogens is 243 g/mol. The lowest BCUT2D eigenvalue weighted by Gasteiger charge is -2.17. The van der Waals surface area contributed by atoms with Crippen molar-refractivity contribution in [1.82, 2.24) is 4.90 Å². The first-order valence-corrected chi connectivity index (χ1v) is 5.55. The number of carbonyl (C=O) groups is 1. The van der Waals surface area contributed by atoms with Crippen LogP contribution in [0, 0.1) is 13.8 Å². The summed E-state index contributed by atoms with van der Waals surface area (Å²) in [4.78, 5) is 12.8. The van der Waals surface area contributed by atoms with Crippen molar-refractivity contribution in [2.75, 3.05) is 20.1 Å². The summed E-state index contributed by atoms with van der Waals surface area (Å²) >= 11 is 0. The first-order valence-electron chi connectivity index (χ1n) is 5.55. The van der Waals surface area contributed by atoms with Crippen molar-refractivity contribution in [1.29, 1.82) is 0 Å². The lowest BCUT2D eigenvalue weighted by molar-refractivity contribution is -0.141. The molecule has 0 bridgehead atoms. The minimum Gasteiger partial charge on any atom is -0.293 e. The number of benzene rings is 1. The van der Waals surface area contributed by atoms with Crippen LogP contribution in [0.3, 0.4) is 0 Å². The highest BCUT2D eigenvalue weighted by molar-refractivity contribution is 5.97. The molecule has 0 N–H and O–H groups in total. The van der Waals surface area contributed by atoms with Crippen molar-refractivity contribution < 1.29 is 18.0 Å². The number of hydrogen-bond acceptors (Lipinski definition) is 2. The molecule has 0 unspecified atom stereocenters. The molecule has 0 aliphatic rings. The van der Waals surface area contributed by atoms with Gasteiger partial charge in [-0.25, -0.2) is 0 Å². The van der Waals surface area contributed by atoms with Crippen molar-refractivity contribution in [2.45, 2.75) is 20.0 Å². The maximum Gasteiger partial charge on any atom is 0.401 e. The van der Waals surface area contributed by atoms with Crippen molar-refractivity contribution in [3.63, 3.8) is 0 Å². The molecule has 1 aromatic carbocycles. The molecule has 0 atom stereocenters. The normalized spacial score (nSPS) is 11.9. The van der Waals surface area contributed by atoms with E-state index >= 15 is 0 Å². The second kappa shape index (κ2) is 5.52. The maximum atomic E-state index is 12.1. The molecule has 2 nitrogen and oxygen atoms in total. The molecule has 18 heavy (non-hydrogen) atoms. The van der Waals surface area contributed by atoms with Gasteiger partial charge in [-0.2, -0.15) is 13.2 Å². The topological polar surface area (TPSA) is 20.3 Å². The van der Waals surface area contributed by atoms with E-state index in [-0.39, 0.29) is 12.3 Å². The van der Waals surface area contributed by atoms with Crippen LogP contribution in [-0.4, -0.2) is 37.0 Å². The van der Waals surface area contributed by atoms with E-state index in [0.717, 1.165) is 16.0 Å². The molecule has 100 valence electrons. The first kappa shape index (κ1) is 14.7. The minimum absolute atomic E-state index is 0.234. The molecule has 0 aliphatic carbocycles. The molecule has 0 amide bonds. The molecule has 0 aromatic heterocycles. The number of rotatable bonds is 4. The van der Waals surface area contributed by atoms with Gasteiger partial charge in [0.1, 0.15) is 0 Å². The van der Waals surface area contributed by atoms with E-state index in [1.54, 1.807) is 18.2 Å². The number of alkyl halides is 3. The van der Waals surface area contributed by atoms with Gasteiger partial charge in [0.25, 0.3) is 0 Å². The molecule has 0 radical (unpaired) electrons. The van der Waals surface area contributed by atoms with E-state index < -0.39 is 12.7 Å². The van der Waals surface area contributed by atoms with Crippen LogP contribution in [0.1, 0.15) is 21.5 Å². The Labute approximate surface area is 104 Å². The lowest BCUT2D eigenvalue weighted by Crippen LogP contribution is -2.34. The number of nitrogens with zero attached hydrogens (tertiary/aromatic N) is 1. The fourth-order valence-electron chi connectivity index (χ4n) is 1.61.